The van der Waals surface area contributed by atoms with Gasteiger partial charge in [0.05, 0.1) is 0 Å². The Bertz CT molecular complexity index is 152. The average Bonchev–Trinajstić information content (AvgIpc) is 1.91. The minimum atomic E-state index is -1.75. The summed E-state index contributed by atoms with van der Waals surface area (Å²) in [5, 5.41) is 0. The molecule has 0 saturated heterocycles. The second-order valence-corrected chi connectivity index (χ2v) is 1.76. The zero-order chi connectivity index (χ0) is 7.82. The Morgan fingerprint density at radius 3 is 1.50 bits per heavy atom. The molecule has 0 heterocycles. The normalized spacial score (nSPS) is 6.58. The van der Waals surface area contributed by atoms with Crippen molar-refractivity contribution in [2.45, 2.75) is 6.92 Å². The van der Waals surface area contributed by atoms with Crippen LogP contribution >= 0.6 is 0 Å². The molecule has 1 rings (SSSR count). The highest BCUT2D eigenvalue weighted by atomic mass is 19.3. The van der Waals surface area contributed by atoms with Crippen LogP contribution in [0.1, 0.15) is 5.56 Å². The van der Waals surface area contributed by atoms with Gasteiger partial charge in [0.25, 0.3) is 0 Å². The number of halogens is 4. The molecule has 12 heavy (non-hydrogen) atoms. The molecule has 0 saturated carbocycles. The van der Waals surface area contributed by atoms with Crippen LogP contribution in [-0.2, 0) is 0 Å². The molecule has 0 bridgehead atoms. The van der Waals surface area contributed by atoms with Crippen molar-refractivity contribution in [2.75, 3.05) is 6.93 Å². The molecule has 0 aliphatic heterocycles. The van der Waals surface area contributed by atoms with E-state index in [0.717, 1.165) is 0 Å². The van der Waals surface area contributed by atoms with Gasteiger partial charge in [0.2, 0.25) is 6.93 Å². The molecule has 0 aromatic heterocycles. The molecule has 0 fully saturated rings. The molecule has 1 aromatic rings. The highest BCUT2D eigenvalue weighted by Crippen LogP contribution is 1.92. The third-order valence-electron chi connectivity index (χ3n) is 0.940. The fourth-order valence-corrected chi connectivity index (χ4v) is 0.534. The molecule has 0 aliphatic carbocycles. The maximum Gasteiger partial charge on any atom is 0.229 e. The van der Waals surface area contributed by atoms with Crippen molar-refractivity contribution in [2.24, 2.45) is 0 Å². The van der Waals surface area contributed by atoms with Crippen LogP contribution in [0.2, 0.25) is 0 Å². The highest BCUT2D eigenvalue weighted by Gasteiger charge is 1.72. The van der Waals surface area contributed by atoms with Gasteiger partial charge in [-0.15, -0.1) is 0 Å². The van der Waals surface area contributed by atoms with E-state index in [-0.39, 0.29) is 9.41 Å². The maximum atomic E-state index is 9.62. The Morgan fingerprint density at radius 2 is 1.33 bits per heavy atom. The fourth-order valence-electron chi connectivity index (χ4n) is 0.534. The van der Waals surface area contributed by atoms with E-state index in [0.29, 0.717) is 0 Å². The summed E-state index contributed by atoms with van der Waals surface area (Å²) in [5.41, 5.74) is 1.32. The molecule has 0 aliphatic rings. The van der Waals surface area contributed by atoms with E-state index in [1.807, 2.05) is 18.2 Å². The zero-order valence-electron chi connectivity index (χ0n) is 6.67. The number of hydrogen-bond donors (Lipinski definition) is 0. The van der Waals surface area contributed by atoms with Crippen molar-refractivity contribution in [1.82, 2.24) is 0 Å². The Hall–Kier alpha value is -1.06. The summed E-state index contributed by atoms with van der Waals surface area (Å²) in [4.78, 5) is 0. The Kier molecular flexibility index (Phi) is 18.0. The smallest absolute Gasteiger partial charge is 0.229 e. The van der Waals surface area contributed by atoms with Crippen LogP contribution in [0.4, 0.5) is 18.2 Å². The fraction of sp³-hybridized carbons (Fsp3) is 0.250. The summed E-state index contributed by atoms with van der Waals surface area (Å²) in [6.45, 7) is 0.333. The van der Waals surface area contributed by atoms with Crippen molar-refractivity contribution in [3.63, 3.8) is 0 Å². The zero-order valence-corrected chi connectivity index (χ0v) is 6.67. The van der Waals surface area contributed by atoms with Gasteiger partial charge in [-0.05, 0) is 6.92 Å². The van der Waals surface area contributed by atoms with E-state index in [1.165, 1.54) is 5.56 Å². The van der Waals surface area contributed by atoms with Crippen LogP contribution in [0.5, 0.6) is 0 Å². The molecule has 0 atom stereocenters. The second kappa shape index (κ2) is 12.6. The summed E-state index contributed by atoms with van der Waals surface area (Å²) in [5.74, 6) is 0. The van der Waals surface area contributed by atoms with E-state index in [9.17, 15) is 8.78 Å². The number of benzene rings is 1. The molecule has 0 nitrogen and oxygen atoms in total. The minimum absolute atomic E-state index is 0. The van der Waals surface area contributed by atoms with E-state index in [2.05, 4.69) is 19.1 Å². The molecule has 0 radical (unpaired) electrons. The summed E-state index contributed by atoms with van der Waals surface area (Å²) < 4.78 is 19.2. The van der Waals surface area contributed by atoms with E-state index >= 15 is 0 Å². The van der Waals surface area contributed by atoms with Crippen molar-refractivity contribution < 1.29 is 18.2 Å². The van der Waals surface area contributed by atoms with E-state index < -0.39 is 6.93 Å². The summed E-state index contributed by atoms with van der Waals surface area (Å²) in [6, 6.07) is 10.3. The summed E-state index contributed by atoms with van der Waals surface area (Å²) >= 11 is 0. The van der Waals surface area contributed by atoms with Gasteiger partial charge in [-0.3, -0.25) is 9.41 Å². The van der Waals surface area contributed by atoms with Gasteiger partial charge in [-0.25, -0.2) is 8.78 Å². The molecule has 1 aromatic carbocycles. The van der Waals surface area contributed by atoms with Gasteiger partial charge < -0.3 is 0 Å². The molecule has 0 unspecified atom stereocenters. The summed E-state index contributed by atoms with van der Waals surface area (Å²) in [6.07, 6.45) is 0. The van der Waals surface area contributed by atoms with Crippen LogP contribution in [0.15, 0.2) is 30.3 Å². The predicted molar refractivity (Wildman–Crippen MR) is 43.3 cm³/mol. The lowest BCUT2D eigenvalue weighted by molar-refractivity contribution is 0.295. The van der Waals surface area contributed by atoms with Crippen molar-refractivity contribution in [3.8, 4) is 0 Å². The first-order chi connectivity index (χ1) is 4.81. The average molecular weight is 184 g/mol. The third-order valence-corrected chi connectivity index (χ3v) is 0.940. The standard InChI is InChI=1S/C7H8.CH2F2.2FH/c1-7-5-3-2-4-6-7;2-1-3;;/h2-6H,1H3;1H2;2*1H. The number of alkyl halides is 2. The van der Waals surface area contributed by atoms with E-state index in [1.54, 1.807) is 0 Å². The maximum absolute atomic E-state index is 9.62. The molecule has 0 N–H and O–H groups in total. The quantitative estimate of drug-likeness (QED) is 0.543. The second-order valence-electron chi connectivity index (χ2n) is 1.76. The molecular weight excluding hydrogens is 172 g/mol. The topological polar surface area (TPSA) is 0 Å². The molecule has 0 spiro atoms. The van der Waals surface area contributed by atoms with Gasteiger partial charge in [0, 0.05) is 0 Å². The van der Waals surface area contributed by atoms with Gasteiger partial charge in [-0.1, -0.05) is 35.9 Å². The molecular formula is C8H12F4. The van der Waals surface area contributed by atoms with Crippen molar-refractivity contribution in [1.29, 1.82) is 0 Å². The van der Waals surface area contributed by atoms with Crippen LogP contribution in [0.25, 0.3) is 0 Å². The number of hydrogen-bond acceptors (Lipinski definition) is 0. The largest absolute Gasteiger partial charge is 0.269 e. The Balaban J connectivity index is -0.000000146. The third kappa shape index (κ3) is 11.7. The minimum Gasteiger partial charge on any atom is -0.269 e. The highest BCUT2D eigenvalue weighted by molar-refractivity contribution is 5.11. The lowest BCUT2D eigenvalue weighted by atomic mass is 10.2. The van der Waals surface area contributed by atoms with Gasteiger partial charge >= 0.3 is 0 Å². The van der Waals surface area contributed by atoms with Gasteiger partial charge in [0.1, 0.15) is 0 Å². The van der Waals surface area contributed by atoms with Gasteiger partial charge in [0.15, 0.2) is 0 Å². The first-order valence-electron chi connectivity index (χ1n) is 2.95. The molecule has 4 heteroatoms. The van der Waals surface area contributed by atoms with Crippen molar-refractivity contribution >= 4 is 0 Å². The van der Waals surface area contributed by atoms with Crippen LogP contribution < -0.4 is 0 Å². The molecule has 0 amide bonds. The lowest BCUT2D eigenvalue weighted by Crippen LogP contribution is -1.62. The monoisotopic (exact) mass is 184 g/mol. The number of rotatable bonds is 0. The van der Waals surface area contributed by atoms with Crippen molar-refractivity contribution in [3.05, 3.63) is 35.9 Å². The van der Waals surface area contributed by atoms with Gasteiger partial charge in [-0.2, -0.15) is 0 Å². The van der Waals surface area contributed by atoms with Crippen LogP contribution in [0, 0.1) is 6.92 Å². The Labute approximate surface area is 69.0 Å². The summed E-state index contributed by atoms with van der Waals surface area (Å²) in [7, 11) is 0. The predicted octanol–water partition coefficient (Wildman–Crippen LogP) is 3.18. The lowest BCUT2D eigenvalue weighted by Gasteiger charge is -1.82. The SMILES string of the molecule is Cc1ccccc1.F.F.FCF. The first kappa shape index (κ1) is 17.1. The Morgan fingerprint density at radius 1 is 1.00 bits per heavy atom. The first-order valence-corrected chi connectivity index (χ1v) is 2.95. The molecule has 72 valence electrons. The van der Waals surface area contributed by atoms with E-state index in [4.69, 9.17) is 0 Å². The number of aryl methyl sites for hydroxylation is 1. The van der Waals surface area contributed by atoms with Crippen LogP contribution in [0.3, 0.4) is 0 Å². The van der Waals surface area contributed by atoms with Crippen LogP contribution in [-0.4, -0.2) is 6.93 Å².